The average Bonchev–Trinajstić information content (AvgIpc) is 3.08. The number of amides is 2. The summed E-state index contributed by atoms with van der Waals surface area (Å²) in [5.74, 6) is -0.367. The average molecular weight is 605 g/mol. The first-order chi connectivity index (χ1) is 22.0. The first-order valence-corrected chi connectivity index (χ1v) is 16.5. The zero-order chi connectivity index (χ0) is 31.7. The van der Waals surface area contributed by atoms with Gasteiger partial charge in [0.15, 0.2) is 0 Å². The molecule has 0 radical (unpaired) electrons. The summed E-state index contributed by atoms with van der Waals surface area (Å²) < 4.78 is 0. The van der Waals surface area contributed by atoms with Gasteiger partial charge in [-0.15, -0.1) is 0 Å². The summed E-state index contributed by atoms with van der Waals surface area (Å²) >= 11 is 0. The molecule has 4 aromatic rings. The summed E-state index contributed by atoms with van der Waals surface area (Å²) in [5, 5.41) is 17.8. The predicted molar refractivity (Wildman–Crippen MR) is 183 cm³/mol. The minimum atomic E-state index is -0.965. The lowest BCUT2D eigenvalue weighted by Crippen LogP contribution is -2.51. The monoisotopic (exact) mass is 604 g/mol. The van der Waals surface area contributed by atoms with E-state index in [0.29, 0.717) is 12.8 Å². The summed E-state index contributed by atoms with van der Waals surface area (Å²) in [7, 11) is 0. The topological polar surface area (TPSA) is 78.4 Å². The summed E-state index contributed by atoms with van der Waals surface area (Å²) in [6, 6.07) is 39.3. The van der Waals surface area contributed by atoms with Crippen molar-refractivity contribution in [2.45, 2.75) is 88.8 Å². The highest BCUT2D eigenvalue weighted by Crippen LogP contribution is 2.37. The third-order valence-corrected chi connectivity index (χ3v) is 8.48. The van der Waals surface area contributed by atoms with Crippen LogP contribution in [-0.2, 0) is 21.5 Å². The highest BCUT2D eigenvalue weighted by Gasteiger charge is 2.38. The van der Waals surface area contributed by atoms with Crippen LogP contribution in [0, 0.1) is 0 Å². The summed E-state index contributed by atoms with van der Waals surface area (Å²) in [4.78, 5) is 27.2. The molecule has 0 heterocycles. The molecule has 2 amide bonds. The second kappa shape index (κ2) is 17.9. The number of aliphatic hydroxyl groups excluding tert-OH is 1. The number of rotatable bonds is 18. The normalized spacial score (nSPS) is 12.7. The molecule has 5 heteroatoms. The van der Waals surface area contributed by atoms with Gasteiger partial charge in [0.1, 0.15) is 5.54 Å². The van der Waals surface area contributed by atoms with Crippen LogP contribution in [0.3, 0.4) is 0 Å². The molecule has 4 rings (SSSR count). The second-order valence-electron chi connectivity index (χ2n) is 11.9. The van der Waals surface area contributed by atoms with Crippen molar-refractivity contribution < 1.29 is 14.7 Å². The lowest BCUT2D eigenvalue weighted by molar-refractivity contribution is -0.125. The Morgan fingerprint density at radius 3 is 1.64 bits per heavy atom. The van der Waals surface area contributed by atoms with Gasteiger partial charge in [-0.25, -0.2) is 0 Å². The number of aryl methyl sites for hydroxylation is 1. The number of unbranched alkanes of at least 4 members (excludes halogenated alkanes) is 4. The molecular formula is C40H48N2O3. The Morgan fingerprint density at radius 1 is 0.644 bits per heavy atom. The van der Waals surface area contributed by atoms with Crippen LogP contribution in [0.2, 0.25) is 0 Å². The number of carbonyl (C=O) groups is 2. The van der Waals surface area contributed by atoms with Gasteiger partial charge in [0.05, 0.1) is 12.1 Å². The fourth-order valence-electron chi connectivity index (χ4n) is 6.05. The molecule has 0 bridgehead atoms. The van der Waals surface area contributed by atoms with E-state index in [1.165, 1.54) is 5.56 Å². The number of carbonyl (C=O) groups excluding carboxylic acids is 2. The fraction of sp³-hybridized carbons (Fsp3) is 0.350. The van der Waals surface area contributed by atoms with Gasteiger partial charge >= 0.3 is 0 Å². The lowest BCUT2D eigenvalue weighted by Gasteiger charge is -2.37. The molecule has 5 nitrogen and oxygen atoms in total. The zero-order valence-electron chi connectivity index (χ0n) is 26.5. The molecule has 2 atom stereocenters. The highest BCUT2D eigenvalue weighted by atomic mass is 16.3. The van der Waals surface area contributed by atoms with Gasteiger partial charge in [0.2, 0.25) is 11.8 Å². The Morgan fingerprint density at radius 2 is 1.13 bits per heavy atom. The molecule has 0 aliphatic carbocycles. The Kier molecular flexibility index (Phi) is 13.4. The van der Waals surface area contributed by atoms with Gasteiger partial charge in [0.25, 0.3) is 0 Å². The minimum absolute atomic E-state index is 0.0394. The molecule has 0 unspecified atom stereocenters. The molecule has 0 aliphatic rings. The van der Waals surface area contributed by atoms with E-state index >= 15 is 0 Å². The molecule has 0 fully saturated rings. The minimum Gasteiger partial charge on any atom is -0.391 e. The van der Waals surface area contributed by atoms with E-state index in [0.717, 1.165) is 61.6 Å². The van der Waals surface area contributed by atoms with Crippen molar-refractivity contribution in [3.8, 4) is 0 Å². The van der Waals surface area contributed by atoms with Crippen LogP contribution in [0.5, 0.6) is 0 Å². The fourth-order valence-corrected chi connectivity index (χ4v) is 6.05. The Hall–Kier alpha value is -4.22. The van der Waals surface area contributed by atoms with Crippen molar-refractivity contribution in [3.63, 3.8) is 0 Å². The van der Waals surface area contributed by atoms with E-state index in [1.807, 2.05) is 109 Å². The smallest absolute Gasteiger partial charge is 0.223 e. The Bertz CT molecular complexity index is 1310. The standard InChI is InChI=1S/C40H48N2O3/c1-2-3-4-5-18-30-38(44)41-36(37(43)29-19-22-32-20-10-6-11-21-32)31-39(45)42-40(33-23-12-7-13-24-33,34-25-14-8-15-26-34)35-27-16-9-17-28-35/h6-17,20-21,23-28,36-37,43H,2-5,18-19,22,29-31H2,1H3,(H,41,44)(H,42,45)/t36-,37-/m0/s1. The molecule has 4 aromatic carbocycles. The molecule has 0 saturated heterocycles. The predicted octanol–water partition coefficient (Wildman–Crippen LogP) is 7.71. The van der Waals surface area contributed by atoms with Crippen molar-refractivity contribution in [3.05, 3.63) is 144 Å². The maximum atomic E-state index is 14.1. The van der Waals surface area contributed by atoms with Crippen LogP contribution < -0.4 is 10.6 Å². The van der Waals surface area contributed by atoms with E-state index in [4.69, 9.17) is 0 Å². The number of benzene rings is 4. The van der Waals surface area contributed by atoms with E-state index in [2.05, 4.69) is 29.7 Å². The van der Waals surface area contributed by atoms with Crippen LogP contribution in [0.15, 0.2) is 121 Å². The van der Waals surface area contributed by atoms with Crippen LogP contribution >= 0.6 is 0 Å². The number of hydrogen-bond donors (Lipinski definition) is 3. The van der Waals surface area contributed by atoms with Crippen LogP contribution in [0.1, 0.15) is 87.0 Å². The van der Waals surface area contributed by atoms with Crippen LogP contribution in [-0.4, -0.2) is 29.1 Å². The van der Waals surface area contributed by atoms with E-state index < -0.39 is 17.7 Å². The lowest BCUT2D eigenvalue weighted by atomic mass is 9.76. The number of aliphatic hydroxyl groups is 1. The maximum absolute atomic E-state index is 14.1. The molecule has 0 aliphatic heterocycles. The van der Waals surface area contributed by atoms with Crippen LogP contribution in [0.25, 0.3) is 0 Å². The third-order valence-electron chi connectivity index (χ3n) is 8.48. The van der Waals surface area contributed by atoms with Gasteiger partial charge < -0.3 is 15.7 Å². The molecule has 236 valence electrons. The quantitative estimate of drug-likeness (QED) is 0.0804. The molecular weight excluding hydrogens is 556 g/mol. The van der Waals surface area contributed by atoms with E-state index in [1.54, 1.807) is 0 Å². The second-order valence-corrected chi connectivity index (χ2v) is 11.9. The van der Waals surface area contributed by atoms with Gasteiger partial charge in [0, 0.05) is 12.8 Å². The summed E-state index contributed by atoms with van der Waals surface area (Å²) in [6.45, 7) is 2.17. The zero-order valence-corrected chi connectivity index (χ0v) is 26.5. The van der Waals surface area contributed by atoms with E-state index in [-0.39, 0.29) is 18.2 Å². The SMILES string of the molecule is CCCCCCCC(=O)N[C@@H](CC(=O)NC(c1ccccc1)(c1ccccc1)c1ccccc1)[C@@H](O)CCCc1ccccc1. The van der Waals surface area contributed by atoms with Gasteiger partial charge in [-0.1, -0.05) is 154 Å². The van der Waals surface area contributed by atoms with Gasteiger partial charge in [-0.3, -0.25) is 9.59 Å². The van der Waals surface area contributed by atoms with Gasteiger partial charge in [-0.2, -0.15) is 0 Å². The van der Waals surface area contributed by atoms with E-state index in [9.17, 15) is 14.7 Å². The summed E-state index contributed by atoms with van der Waals surface area (Å²) in [6.07, 6.45) is 6.76. The van der Waals surface area contributed by atoms with Crippen molar-refractivity contribution in [1.82, 2.24) is 10.6 Å². The van der Waals surface area contributed by atoms with Crippen molar-refractivity contribution in [2.75, 3.05) is 0 Å². The van der Waals surface area contributed by atoms with Crippen molar-refractivity contribution in [2.24, 2.45) is 0 Å². The van der Waals surface area contributed by atoms with Crippen LogP contribution in [0.4, 0.5) is 0 Å². The highest BCUT2D eigenvalue weighted by molar-refractivity contribution is 5.81. The summed E-state index contributed by atoms with van der Waals surface area (Å²) in [5.41, 5.74) is 3.01. The largest absolute Gasteiger partial charge is 0.391 e. The Labute approximate surface area is 269 Å². The maximum Gasteiger partial charge on any atom is 0.223 e. The van der Waals surface area contributed by atoms with Gasteiger partial charge in [-0.05, 0) is 47.9 Å². The number of nitrogens with one attached hydrogen (secondary N) is 2. The molecule has 0 saturated carbocycles. The first-order valence-electron chi connectivity index (χ1n) is 16.5. The molecule has 0 aromatic heterocycles. The molecule has 45 heavy (non-hydrogen) atoms. The molecule has 3 N–H and O–H groups in total. The Balaban J connectivity index is 1.57. The number of hydrogen-bond acceptors (Lipinski definition) is 3. The first kappa shape index (κ1) is 33.7. The van der Waals surface area contributed by atoms with Crippen molar-refractivity contribution >= 4 is 11.8 Å². The van der Waals surface area contributed by atoms with Crippen molar-refractivity contribution in [1.29, 1.82) is 0 Å². The molecule has 0 spiro atoms. The third kappa shape index (κ3) is 9.89.